The molecule has 1 radical (unpaired) electrons. The number of nitrogens with zero attached hydrogens (tertiary/aromatic N) is 3. The van der Waals surface area contributed by atoms with Crippen molar-refractivity contribution in [2.75, 3.05) is 12.4 Å². The van der Waals surface area contributed by atoms with Crippen LogP contribution in [-0.4, -0.2) is 65.9 Å². The Morgan fingerprint density at radius 1 is 1.11 bits per heavy atom. The van der Waals surface area contributed by atoms with Gasteiger partial charge in [0.15, 0.2) is 5.03 Å². The van der Waals surface area contributed by atoms with E-state index in [1.807, 2.05) is 12.1 Å². The Hall–Kier alpha value is -2.40. The van der Waals surface area contributed by atoms with Crippen LogP contribution in [0.5, 0.6) is 5.88 Å². The number of aromatic nitrogens is 3. The number of rotatable bonds is 7. The molecule has 2 amide bonds. The Morgan fingerprint density at radius 3 is 2.61 bits per heavy atom. The van der Waals surface area contributed by atoms with E-state index in [1.165, 1.54) is 30.0 Å². The SMILES string of the molecule is COc1cc(-c2cc(C3CC3)c3c(c2NC(=O)NS(=O)(=O)c2ccn(C4CC4)n2)CCC3)ccn1.[Na]. The molecule has 3 aliphatic rings. The number of ether oxygens (including phenoxy) is 1. The van der Waals surface area contributed by atoms with E-state index >= 15 is 0 Å². The largest absolute Gasteiger partial charge is 0.481 e. The molecule has 2 heterocycles. The fourth-order valence-corrected chi connectivity index (χ4v) is 5.79. The van der Waals surface area contributed by atoms with Gasteiger partial charge in [-0.05, 0) is 91.3 Å². The molecular formula is C25H27N5NaO4S. The van der Waals surface area contributed by atoms with Crippen molar-refractivity contribution in [1.82, 2.24) is 19.5 Å². The molecule has 2 N–H and O–H groups in total. The van der Waals surface area contributed by atoms with Crippen molar-refractivity contribution in [2.45, 2.75) is 61.9 Å². The molecule has 6 rings (SSSR count). The maximum absolute atomic E-state index is 13.0. The summed E-state index contributed by atoms with van der Waals surface area (Å²) in [5.41, 5.74) is 6.07. The Balaban J connectivity index is 0.00000267. The third-order valence-corrected chi connectivity index (χ3v) is 8.18. The zero-order valence-electron chi connectivity index (χ0n) is 20.5. The van der Waals surface area contributed by atoms with E-state index in [1.54, 1.807) is 24.2 Å². The molecule has 3 aliphatic carbocycles. The molecule has 11 heteroatoms. The van der Waals surface area contributed by atoms with Crippen LogP contribution in [0.3, 0.4) is 0 Å². The van der Waals surface area contributed by atoms with E-state index < -0.39 is 16.1 Å². The smallest absolute Gasteiger partial charge is 0.333 e. The zero-order valence-corrected chi connectivity index (χ0v) is 23.3. The minimum atomic E-state index is -4.10. The molecule has 0 aliphatic heterocycles. The van der Waals surface area contributed by atoms with Gasteiger partial charge in [0.2, 0.25) is 5.88 Å². The van der Waals surface area contributed by atoms with Crippen LogP contribution in [-0.2, 0) is 22.9 Å². The van der Waals surface area contributed by atoms with E-state index in [9.17, 15) is 13.2 Å². The number of amides is 2. The first-order chi connectivity index (χ1) is 16.9. The van der Waals surface area contributed by atoms with Gasteiger partial charge >= 0.3 is 6.03 Å². The van der Waals surface area contributed by atoms with Crippen LogP contribution >= 0.6 is 0 Å². The van der Waals surface area contributed by atoms with Gasteiger partial charge in [-0.2, -0.15) is 13.5 Å². The van der Waals surface area contributed by atoms with E-state index in [4.69, 9.17) is 4.74 Å². The molecule has 2 aromatic heterocycles. The molecule has 36 heavy (non-hydrogen) atoms. The first-order valence-corrected chi connectivity index (χ1v) is 13.5. The van der Waals surface area contributed by atoms with Crippen LogP contribution in [0.15, 0.2) is 41.7 Å². The first-order valence-electron chi connectivity index (χ1n) is 12.0. The summed E-state index contributed by atoms with van der Waals surface area (Å²) < 4.78 is 34.8. The van der Waals surface area contributed by atoms with E-state index in [-0.39, 0.29) is 40.6 Å². The Labute approximate surface area is 232 Å². The molecule has 0 spiro atoms. The van der Waals surface area contributed by atoms with Gasteiger partial charge in [0.05, 0.1) is 18.8 Å². The molecule has 0 bridgehead atoms. The number of anilines is 1. The maximum atomic E-state index is 13.0. The minimum absolute atomic E-state index is 0. The van der Waals surface area contributed by atoms with Crippen molar-refractivity contribution >= 4 is 51.3 Å². The quantitative estimate of drug-likeness (QED) is 0.462. The van der Waals surface area contributed by atoms with Gasteiger partial charge in [0, 0.05) is 53.6 Å². The number of pyridine rings is 1. The van der Waals surface area contributed by atoms with Crippen molar-refractivity contribution in [3.63, 3.8) is 0 Å². The molecule has 1 aromatic carbocycles. The van der Waals surface area contributed by atoms with Gasteiger partial charge in [-0.15, -0.1) is 0 Å². The van der Waals surface area contributed by atoms with Crippen molar-refractivity contribution in [1.29, 1.82) is 0 Å². The van der Waals surface area contributed by atoms with Crippen LogP contribution in [0, 0.1) is 0 Å². The van der Waals surface area contributed by atoms with E-state index in [2.05, 4.69) is 26.2 Å². The second-order valence-electron chi connectivity index (χ2n) is 9.48. The van der Waals surface area contributed by atoms with Crippen LogP contribution in [0.1, 0.15) is 60.8 Å². The Morgan fingerprint density at radius 2 is 1.89 bits per heavy atom. The fraction of sp³-hybridized carbons (Fsp3) is 0.400. The summed E-state index contributed by atoms with van der Waals surface area (Å²) in [6.45, 7) is 0. The summed E-state index contributed by atoms with van der Waals surface area (Å²) in [6.07, 6.45) is 10.4. The number of urea groups is 1. The van der Waals surface area contributed by atoms with Crippen molar-refractivity contribution in [3.05, 3.63) is 53.3 Å². The summed E-state index contributed by atoms with van der Waals surface area (Å²) in [7, 11) is -2.54. The molecule has 0 saturated heterocycles. The first kappa shape index (κ1) is 25.3. The molecular weight excluding hydrogens is 489 g/mol. The predicted octanol–water partition coefficient (Wildman–Crippen LogP) is 3.78. The molecule has 0 unspecified atom stereocenters. The molecule has 2 fully saturated rings. The average Bonchev–Trinajstić information content (AvgIpc) is 3.77. The number of methoxy groups -OCH3 is 1. The van der Waals surface area contributed by atoms with Gasteiger partial charge in [0.1, 0.15) is 0 Å². The van der Waals surface area contributed by atoms with Gasteiger partial charge in [-0.25, -0.2) is 14.5 Å². The number of hydrogen-bond acceptors (Lipinski definition) is 6. The average molecular weight is 517 g/mol. The van der Waals surface area contributed by atoms with Crippen molar-refractivity contribution in [2.24, 2.45) is 0 Å². The predicted molar refractivity (Wildman–Crippen MR) is 136 cm³/mol. The number of nitrogens with one attached hydrogen (secondary N) is 2. The number of fused-ring (bicyclic) bond motifs is 1. The second kappa shape index (κ2) is 9.81. The molecule has 0 atom stereocenters. The van der Waals surface area contributed by atoms with Crippen LogP contribution < -0.4 is 14.8 Å². The number of carbonyl (C=O) groups is 1. The molecule has 9 nitrogen and oxygen atoms in total. The van der Waals surface area contributed by atoms with Gasteiger partial charge < -0.3 is 10.1 Å². The molecule has 2 saturated carbocycles. The van der Waals surface area contributed by atoms with Crippen LogP contribution in [0.25, 0.3) is 11.1 Å². The van der Waals surface area contributed by atoms with Gasteiger partial charge in [0.25, 0.3) is 10.0 Å². The summed E-state index contributed by atoms with van der Waals surface area (Å²) in [5, 5.41) is 6.87. The number of benzene rings is 1. The van der Waals surface area contributed by atoms with Gasteiger partial charge in [-0.1, -0.05) is 0 Å². The van der Waals surface area contributed by atoms with Crippen molar-refractivity contribution < 1.29 is 17.9 Å². The van der Waals surface area contributed by atoms with Crippen LogP contribution in [0.2, 0.25) is 0 Å². The number of carbonyl (C=O) groups excluding carboxylic acids is 1. The zero-order chi connectivity index (χ0) is 24.2. The second-order valence-corrected chi connectivity index (χ2v) is 11.1. The van der Waals surface area contributed by atoms with Gasteiger partial charge in [-0.3, -0.25) is 4.68 Å². The van der Waals surface area contributed by atoms with Crippen molar-refractivity contribution in [3.8, 4) is 17.0 Å². The summed E-state index contributed by atoms with van der Waals surface area (Å²) in [4.78, 5) is 17.2. The number of hydrogen-bond donors (Lipinski definition) is 2. The van der Waals surface area contributed by atoms with E-state index in [0.29, 0.717) is 17.5 Å². The Bertz CT molecular complexity index is 1430. The molecule has 183 valence electrons. The number of sulfonamides is 1. The third-order valence-electron chi connectivity index (χ3n) is 6.96. The Kier molecular flexibility index (Phi) is 6.88. The normalized spacial score (nSPS) is 16.7. The summed E-state index contributed by atoms with van der Waals surface area (Å²) in [5.74, 6) is 1.02. The summed E-state index contributed by atoms with van der Waals surface area (Å²) >= 11 is 0. The standard InChI is InChI=1S/C25H27N5O4S.Na/c1-34-22-13-16(9-11-26-22)21-14-20(15-5-6-15)18-3-2-4-19(18)24(21)27-25(31)29-35(32,33)23-10-12-30(28-23)17-7-8-17;/h9-15,17H,2-8H2,1H3,(H2,27,29,31);. The summed E-state index contributed by atoms with van der Waals surface area (Å²) in [6, 6.07) is 6.72. The fourth-order valence-electron chi connectivity index (χ4n) is 4.95. The van der Waals surface area contributed by atoms with Crippen LogP contribution in [0.4, 0.5) is 10.5 Å². The maximum Gasteiger partial charge on any atom is 0.333 e. The third kappa shape index (κ3) is 4.91. The monoisotopic (exact) mass is 516 g/mol. The minimum Gasteiger partial charge on any atom is -0.481 e. The molecule has 3 aromatic rings. The van der Waals surface area contributed by atoms with E-state index in [0.717, 1.165) is 48.8 Å². The topological polar surface area (TPSA) is 115 Å².